The SMILES string of the molecule is O=C(O)[C@@]1(NS(=O)(=O)c2cccs2)C[C@H]1c1ccccc1. The van der Waals surface area contributed by atoms with Crippen LogP contribution in [0.3, 0.4) is 0 Å². The highest BCUT2D eigenvalue weighted by Gasteiger charge is 2.63. The Hall–Kier alpha value is -1.70. The Morgan fingerprint density at radius 2 is 1.95 bits per heavy atom. The summed E-state index contributed by atoms with van der Waals surface area (Å²) in [6.07, 6.45) is 0.261. The smallest absolute Gasteiger partial charge is 0.325 e. The molecule has 1 aliphatic rings. The molecule has 1 aromatic heterocycles. The molecular formula is C14H13NO4S2. The number of aliphatic carboxylic acids is 1. The molecule has 1 saturated carbocycles. The van der Waals surface area contributed by atoms with Gasteiger partial charge in [0, 0.05) is 5.92 Å². The average molecular weight is 323 g/mol. The van der Waals surface area contributed by atoms with Crippen molar-refractivity contribution >= 4 is 27.3 Å². The van der Waals surface area contributed by atoms with Crippen LogP contribution in [0.1, 0.15) is 17.9 Å². The van der Waals surface area contributed by atoms with Crippen LogP contribution in [0.2, 0.25) is 0 Å². The van der Waals surface area contributed by atoms with Gasteiger partial charge in [-0.05, 0) is 23.4 Å². The summed E-state index contributed by atoms with van der Waals surface area (Å²) < 4.78 is 27.0. The fourth-order valence-corrected chi connectivity index (χ4v) is 4.85. The van der Waals surface area contributed by atoms with Crippen molar-refractivity contribution in [2.24, 2.45) is 0 Å². The zero-order valence-electron chi connectivity index (χ0n) is 10.9. The Bertz CT molecular complexity index is 756. The second kappa shape index (κ2) is 4.94. The molecule has 0 spiro atoms. The lowest BCUT2D eigenvalue weighted by Gasteiger charge is -2.14. The van der Waals surface area contributed by atoms with Gasteiger partial charge >= 0.3 is 5.97 Å². The predicted octanol–water partition coefficient (Wildman–Crippen LogP) is 2.04. The molecule has 1 aromatic carbocycles. The fourth-order valence-electron chi connectivity index (χ4n) is 2.45. The first-order chi connectivity index (χ1) is 9.96. The van der Waals surface area contributed by atoms with Gasteiger partial charge in [-0.3, -0.25) is 4.79 Å². The topological polar surface area (TPSA) is 83.5 Å². The largest absolute Gasteiger partial charge is 0.480 e. The van der Waals surface area contributed by atoms with Crippen molar-refractivity contribution in [3.63, 3.8) is 0 Å². The summed E-state index contributed by atoms with van der Waals surface area (Å²) in [5.74, 6) is -1.48. The zero-order chi connectivity index (χ0) is 15.1. The van der Waals surface area contributed by atoms with Crippen LogP contribution >= 0.6 is 11.3 Å². The van der Waals surface area contributed by atoms with Crippen LogP contribution in [-0.2, 0) is 14.8 Å². The first kappa shape index (κ1) is 14.2. The molecule has 0 amide bonds. The van der Waals surface area contributed by atoms with Crippen LogP contribution in [0.15, 0.2) is 52.1 Å². The van der Waals surface area contributed by atoms with E-state index in [0.717, 1.165) is 16.9 Å². The number of hydrogen-bond donors (Lipinski definition) is 2. The van der Waals surface area contributed by atoms with Crippen LogP contribution in [-0.4, -0.2) is 25.0 Å². The van der Waals surface area contributed by atoms with E-state index in [-0.39, 0.29) is 16.5 Å². The maximum atomic E-state index is 12.3. The second-order valence-electron chi connectivity index (χ2n) is 4.98. The number of thiophene rings is 1. The summed E-state index contributed by atoms with van der Waals surface area (Å²) >= 11 is 1.06. The molecule has 2 aromatic rings. The minimum atomic E-state index is -3.81. The lowest BCUT2D eigenvalue weighted by Crippen LogP contribution is -2.44. The molecule has 1 aliphatic carbocycles. The Morgan fingerprint density at radius 3 is 2.52 bits per heavy atom. The quantitative estimate of drug-likeness (QED) is 0.882. The van der Waals surface area contributed by atoms with Crippen molar-refractivity contribution in [3.8, 4) is 0 Å². The van der Waals surface area contributed by atoms with Crippen molar-refractivity contribution < 1.29 is 18.3 Å². The van der Waals surface area contributed by atoms with Gasteiger partial charge in [0.15, 0.2) is 0 Å². The average Bonchev–Trinajstić information content (AvgIpc) is 2.92. The number of hydrogen-bond acceptors (Lipinski definition) is 4. The number of carboxylic acids is 1. The van der Waals surface area contributed by atoms with Crippen molar-refractivity contribution in [1.29, 1.82) is 0 Å². The number of benzene rings is 1. The Morgan fingerprint density at radius 1 is 1.24 bits per heavy atom. The highest BCUT2D eigenvalue weighted by Crippen LogP contribution is 2.52. The summed E-state index contributed by atoms with van der Waals surface area (Å²) in [5, 5.41) is 11.1. The van der Waals surface area contributed by atoms with E-state index in [9.17, 15) is 18.3 Å². The summed E-state index contributed by atoms with van der Waals surface area (Å²) in [4.78, 5) is 11.6. The molecule has 3 rings (SSSR count). The molecule has 5 nitrogen and oxygen atoms in total. The first-order valence-corrected chi connectivity index (χ1v) is 8.68. The molecule has 0 radical (unpaired) electrons. The van der Waals surface area contributed by atoms with Gasteiger partial charge in [-0.2, -0.15) is 4.72 Å². The molecule has 21 heavy (non-hydrogen) atoms. The van der Waals surface area contributed by atoms with E-state index >= 15 is 0 Å². The van der Waals surface area contributed by atoms with Gasteiger partial charge in [0.1, 0.15) is 9.75 Å². The van der Waals surface area contributed by atoms with Crippen molar-refractivity contribution in [3.05, 3.63) is 53.4 Å². The van der Waals surface area contributed by atoms with E-state index in [1.807, 2.05) is 30.3 Å². The number of nitrogens with one attached hydrogen (secondary N) is 1. The molecule has 2 atom stereocenters. The van der Waals surface area contributed by atoms with E-state index in [4.69, 9.17) is 0 Å². The lowest BCUT2D eigenvalue weighted by atomic mass is 10.1. The Balaban J connectivity index is 1.90. The molecule has 0 bridgehead atoms. The molecule has 0 aliphatic heterocycles. The molecule has 7 heteroatoms. The molecular weight excluding hydrogens is 310 g/mol. The second-order valence-corrected chi connectivity index (χ2v) is 7.84. The minimum absolute atomic E-state index is 0.127. The predicted molar refractivity (Wildman–Crippen MR) is 78.8 cm³/mol. The molecule has 1 heterocycles. The lowest BCUT2D eigenvalue weighted by molar-refractivity contribution is -0.140. The molecule has 2 N–H and O–H groups in total. The molecule has 0 saturated heterocycles. The fraction of sp³-hybridized carbons (Fsp3) is 0.214. The van der Waals surface area contributed by atoms with Gasteiger partial charge in [0.25, 0.3) is 10.0 Å². The minimum Gasteiger partial charge on any atom is -0.480 e. The highest BCUT2D eigenvalue weighted by molar-refractivity contribution is 7.91. The third-order valence-electron chi connectivity index (χ3n) is 3.62. The standard InChI is InChI=1S/C14H13NO4S2/c16-13(17)14(9-11(14)10-5-2-1-3-6-10)15-21(18,19)12-7-4-8-20-12/h1-8,11,15H,9H2,(H,16,17)/t11-,14+/m0/s1. The van der Waals surface area contributed by atoms with E-state index in [2.05, 4.69) is 4.72 Å². The van der Waals surface area contributed by atoms with Crippen LogP contribution < -0.4 is 4.72 Å². The van der Waals surface area contributed by atoms with Crippen LogP contribution in [0.25, 0.3) is 0 Å². The summed E-state index contributed by atoms with van der Waals surface area (Å²) in [6, 6.07) is 12.2. The summed E-state index contributed by atoms with van der Waals surface area (Å²) in [6.45, 7) is 0. The van der Waals surface area contributed by atoms with Gasteiger partial charge < -0.3 is 5.11 Å². The third kappa shape index (κ3) is 2.48. The van der Waals surface area contributed by atoms with E-state index < -0.39 is 21.5 Å². The van der Waals surface area contributed by atoms with Crippen LogP contribution in [0, 0.1) is 0 Å². The van der Waals surface area contributed by atoms with E-state index in [0.29, 0.717) is 0 Å². The number of carbonyl (C=O) groups is 1. The zero-order valence-corrected chi connectivity index (χ0v) is 12.5. The van der Waals surface area contributed by atoms with Gasteiger partial charge in [0.2, 0.25) is 0 Å². The first-order valence-electron chi connectivity index (χ1n) is 6.31. The number of rotatable bonds is 5. The Labute approximate surface area is 126 Å². The van der Waals surface area contributed by atoms with Crippen molar-refractivity contribution in [2.45, 2.75) is 22.1 Å². The third-order valence-corrected chi connectivity index (χ3v) is 6.53. The maximum absolute atomic E-state index is 12.3. The van der Waals surface area contributed by atoms with Gasteiger partial charge in [-0.25, -0.2) is 8.42 Å². The monoisotopic (exact) mass is 323 g/mol. The summed E-state index contributed by atoms with van der Waals surface area (Å²) in [7, 11) is -3.81. The van der Waals surface area contributed by atoms with Crippen molar-refractivity contribution in [1.82, 2.24) is 4.72 Å². The van der Waals surface area contributed by atoms with Crippen LogP contribution in [0.4, 0.5) is 0 Å². The van der Waals surface area contributed by atoms with Crippen molar-refractivity contribution in [2.75, 3.05) is 0 Å². The molecule has 0 unspecified atom stereocenters. The highest BCUT2D eigenvalue weighted by atomic mass is 32.2. The number of carboxylic acid groups (broad SMARTS) is 1. The van der Waals surface area contributed by atoms with E-state index in [1.165, 1.54) is 6.07 Å². The van der Waals surface area contributed by atoms with Gasteiger partial charge in [-0.15, -0.1) is 11.3 Å². The van der Waals surface area contributed by atoms with Gasteiger partial charge in [0.05, 0.1) is 0 Å². The Kier molecular flexibility index (Phi) is 3.35. The van der Waals surface area contributed by atoms with Gasteiger partial charge in [-0.1, -0.05) is 36.4 Å². The molecule has 110 valence electrons. The maximum Gasteiger partial charge on any atom is 0.325 e. The summed E-state index contributed by atoms with van der Waals surface area (Å²) in [5.41, 5.74) is -0.613. The number of sulfonamides is 1. The normalized spacial score (nSPS) is 24.7. The van der Waals surface area contributed by atoms with E-state index in [1.54, 1.807) is 11.4 Å². The molecule has 1 fully saturated rings. The van der Waals surface area contributed by atoms with Crippen LogP contribution in [0.5, 0.6) is 0 Å².